The fraction of sp³-hybridized carbons (Fsp3) is 0.136. The normalized spacial score (nSPS) is 16.3. The molecule has 2 aromatic heterocycles. The Kier molecular flexibility index (Phi) is 11.3. The van der Waals surface area contributed by atoms with Crippen LogP contribution in [0.3, 0.4) is 0 Å². The van der Waals surface area contributed by atoms with Crippen molar-refractivity contribution in [1.29, 1.82) is 0 Å². The van der Waals surface area contributed by atoms with Gasteiger partial charge in [0.15, 0.2) is 0 Å². The second-order valence-electron chi connectivity index (χ2n) is 13.2. The summed E-state index contributed by atoms with van der Waals surface area (Å²) in [6.07, 6.45) is 9.10. The number of hydrogen-bond donors (Lipinski definition) is 0. The third-order valence-electron chi connectivity index (χ3n) is 10.0. The summed E-state index contributed by atoms with van der Waals surface area (Å²) >= 11 is 3.67. The topological polar surface area (TPSA) is 20.7 Å². The number of fused-ring (bicyclic) bond motifs is 2. The van der Waals surface area contributed by atoms with Gasteiger partial charge in [0.2, 0.25) is 0 Å². The van der Waals surface area contributed by atoms with E-state index in [1.807, 2.05) is 23.5 Å². The average molecular weight is 788 g/mol. The lowest BCUT2D eigenvalue weighted by atomic mass is 10.2. The average Bonchev–Trinajstić information content (AvgIpc) is 3.69. The molecule has 0 bridgehead atoms. The molecule has 3 aliphatic heterocycles. The fourth-order valence-electron chi connectivity index (χ4n) is 7.23. The van der Waals surface area contributed by atoms with Gasteiger partial charge < -0.3 is 34.6 Å². The number of piperazine rings is 1. The standard InChI is InChI=1S/C44H40N6S2.2ClH/c1-45-37-17-9-11-19-39(37)51-43(45)31-33-21-23-49(35-13-5-3-6-14-35)41(29-33)47-25-27-48(28-26-47)42-30-34(22-24-50(42)36-15-7-4-8-16-36)32-44-46(2)38-18-10-12-20-40(38)52-44;;/h3-24,29-32H,25-28H2,1-2H3;2*1H/q+2;;/p-2. The molecule has 0 saturated carbocycles. The van der Waals surface area contributed by atoms with E-state index in [1.165, 1.54) is 65.4 Å². The summed E-state index contributed by atoms with van der Waals surface area (Å²) in [5.41, 5.74) is 7.25. The van der Waals surface area contributed by atoms with Crippen LogP contribution in [0.5, 0.6) is 0 Å². The van der Waals surface area contributed by atoms with Gasteiger partial charge in [0, 0.05) is 36.0 Å². The molecule has 0 unspecified atom stereocenters. The lowest BCUT2D eigenvalue weighted by molar-refractivity contribution is -0.583. The first-order valence-corrected chi connectivity index (χ1v) is 19.4. The van der Waals surface area contributed by atoms with Crippen LogP contribution in [0.25, 0.3) is 23.5 Å². The van der Waals surface area contributed by atoms with Crippen LogP contribution in [-0.2, 0) is 0 Å². The maximum absolute atomic E-state index is 2.55. The number of rotatable bonds is 6. The summed E-state index contributed by atoms with van der Waals surface area (Å²) in [6.45, 7) is 3.61. The van der Waals surface area contributed by atoms with Crippen molar-refractivity contribution < 1.29 is 33.9 Å². The molecule has 272 valence electrons. The van der Waals surface area contributed by atoms with Gasteiger partial charge in [-0.1, -0.05) is 84.2 Å². The Balaban J connectivity index is 0.00000225. The maximum atomic E-state index is 2.55. The Morgan fingerprint density at radius 3 is 1.24 bits per heavy atom. The van der Waals surface area contributed by atoms with E-state index in [4.69, 9.17) is 0 Å². The number of aromatic nitrogens is 2. The molecule has 6 nitrogen and oxygen atoms in total. The van der Waals surface area contributed by atoms with Crippen LogP contribution in [0.2, 0.25) is 0 Å². The van der Waals surface area contributed by atoms with E-state index in [0.717, 1.165) is 26.2 Å². The predicted molar refractivity (Wildman–Crippen MR) is 218 cm³/mol. The highest BCUT2D eigenvalue weighted by molar-refractivity contribution is 8.04. The number of benzene rings is 4. The van der Waals surface area contributed by atoms with Crippen LogP contribution < -0.4 is 53.5 Å². The van der Waals surface area contributed by atoms with Gasteiger partial charge in [0.1, 0.15) is 37.6 Å². The van der Waals surface area contributed by atoms with Crippen LogP contribution in [0, 0.1) is 0 Å². The maximum Gasteiger partial charge on any atom is 0.282 e. The van der Waals surface area contributed by atoms with Crippen molar-refractivity contribution in [2.45, 2.75) is 9.79 Å². The Hall–Kier alpha value is -4.86. The molecular weight excluding hydrogens is 748 g/mol. The Morgan fingerprint density at radius 2 is 0.852 bits per heavy atom. The quantitative estimate of drug-likeness (QED) is 0.241. The molecule has 1 saturated heterocycles. The molecule has 54 heavy (non-hydrogen) atoms. The van der Waals surface area contributed by atoms with Gasteiger partial charge in [-0.15, -0.1) is 0 Å². The van der Waals surface area contributed by atoms with E-state index in [1.54, 1.807) is 0 Å². The third kappa shape index (κ3) is 7.31. The minimum atomic E-state index is 0. The molecule has 10 heteroatoms. The van der Waals surface area contributed by atoms with Crippen molar-refractivity contribution in [2.75, 3.05) is 59.9 Å². The Bertz CT molecular complexity index is 2160. The van der Waals surface area contributed by atoms with Crippen molar-refractivity contribution in [3.8, 4) is 11.4 Å². The molecule has 0 amide bonds. The zero-order chi connectivity index (χ0) is 35.0. The summed E-state index contributed by atoms with van der Waals surface area (Å²) in [5, 5.41) is 2.47. The van der Waals surface area contributed by atoms with Gasteiger partial charge >= 0.3 is 0 Å². The summed E-state index contributed by atoms with van der Waals surface area (Å²) < 4.78 is 4.67. The second kappa shape index (κ2) is 16.2. The van der Waals surface area contributed by atoms with Gasteiger partial charge in [-0.3, -0.25) is 9.80 Å². The monoisotopic (exact) mass is 786 g/mol. The van der Waals surface area contributed by atoms with E-state index < -0.39 is 0 Å². The zero-order valence-electron chi connectivity index (χ0n) is 30.1. The first-order chi connectivity index (χ1) is 25.6. The summed E-state index contributed by atoms with van der Waals surface area (Å²) in [7, 11) is 4.32. The zero-order valence-corrected chi connectivity index (χ0v) is 33.2. The van der Waals surface area contributed by atoms with Gasteiger partial charge in [0.05, 0.1) is 33.8 Å². The first-order valence-electron chi connectivity index (χ1n) is 17.8. The van der Waals surface area contributed by atoms with Gasteiger partial charge in [0.25, 0.3) is 11.6 Å². The number of para-hydroxylation sites is 4. The van der Waals surface area contributed by atoms with Crippen molar-refractivity contribution in [3.05, 3.63) is 167 Å². The van der Waals surface area contributed by atoms with E-state index in [-0.39, 0.29) is 24.8 Å². The van der Waals surface area contributed by atoms with E-state index in [9.17, 15) is 0 Å². The van der Waals surface area contributed by atoms with Crippen LogP contribution in [0.1, 0.15) is 11.1 Å². The molecule has 0 N–H and O–H groups in total. The van der Waals surface area contributed by atoms with Crippen LogP contribution in [-0.4, -0.2) is 40.3 Å². The minimum absolute atomic E-state index is 0. The third-order valence-corrected chi connectivity index (χ3v) is 12.4. The van der Waals surface area contributed by atoms with Crippen molar-refractivity contribution in [2.24, 2.45) is 0 Å². The number of anilines is 4. The molecule has 0 radical (unpaired) electrons. The first kappa shape index (κ1) is 37.5. The van der Waals surface area contributed by atoms with E-state index in [0.29, 0.717) is 0 Å². The highest BCUT2D eigenvalue weighted by Gasteiger charge is 2.33. The Labute approximate surface area is 338 Å². The Morgan fingerprint density at radius 1 is 0.481 bits per heavy atom. The number of pyridine rings is 2. The molecule has 0 atom stereocenters. The molecular formula is C44H40Cl2N6S2. The molecule has 0 spiro atoms. The fourth-order valence-corrected chi connectivity index (χ4v) is 9.45. The molecule has 5 heterocycles. The van der Waals surface area contributed by atoms with Crippen molar-refractivity contribution in [1.82, 2.24) is 0 Å². The van der Waals surface area contributed by atoms with Gasteiger partial charge in [-0.05, 0) is 83.9 Å². The van der Waals surface area contributed by atoms with Gasteiger partial charge in [-0.25, -0.2) is 9.13 Å². The van der Waals surface area contributed by atoms with Crippen LogP contribution >= 0.6 is 23.5 Å². The number of thioether (sulfide) groups is 2. The van der Waals surface area contributed by atoms with Crippen LogP contribution in [0.15, 0.2) is 166 Å². The minimum Gasteiger partial charge on any atom is -1.00 e. The number of nitrogens with zero attached hydrogens (tertiary/aromatic N) is 6. The smallest absolute Gasteiger partial charge is 0.282 e. The lowest BCUT2D eigenvalue weighted by Gasteiger charge is -2.29. The number of halogens is 2. The number of hydrogen-bond acceptors (Lipinski definition) is 6. The van der Waals surface area contributed by atoms with E-state index in [2.05, 4.69) is 201 Å². The molecule has 0 aliphatic carbocycles. The molecule has 6 aromatic rings. The lowest BCUT2D eigenvalue weighted by Crippen LogP contribution is -3.00. The van der Waals surface area contributed by atoms with Crippen molar-refractivity contribution >= 4 is 58.7 Å². The SMILES string of the molecule is CN1C(=Cc2cc[n+](-c3ccccc3)c(N3CCN(c4cc(C=C5Sc6ccccc6N5C)cc[n+]4-c4ccccc4)CC3)c2)Sc2ccccc21.[Cl-].[Cl-]. The molecule has 4 aromatic carbocycles. The summed E-state index contributed by atoms with van der Waals surface area (Å²) in [5.74, 6) is 2.41. The summed E-state index contributed by atoms with van der Waals surface area (Å²) in [4.78, 5) is 12.3. The predicted octanol–water partition coefficient (Wildman–Crippen LogP) is 2.66. The largest absolute Gasteiger partial charge is 1.00 e. The van der Waals surface area contributed by atoms with Crippen LogP contribution in [0.4, 0.5) is 23.0 Å². The molecule has 1 fully saturated rings. The highest BCUT2D eigenvalue weighted by Crippen LogP contribution is 2.46. The highest BCUT2D eigenvalue weighted by atomic mass is 35.5. The molecule has 9 rings (SSSR count). The van der Waals surface area contributed by atoms with Gasteiger partial charge in [-0.2, -0.15) is 0 Å². The van der Waals surface area contributed by atoms with E-state index >= 15 is 0 Å². The second-order valence-corrected chi connectivity index (χ2v) is 15.4. The summed E-state index contributed by atoms with van der Waals surface area (Å²) in [6, 6.07) is 47.9. The molecule has 3 aliphatic rings. The van der Waals surface area contributed by atoms with Crippen molar-refractivity contribution in [3.63, 3.8) is 0 Å².